The molecule has 1 amide bonds. The summed E-state index contributed by atoms with van der Waals surface area (Å²) in [6.45, 7) is 3.49. The number of hydrogen-bond donors (Lipinski definition) is 3. The van der Waals surface area contributed by atoms with E-state index in [4.69, 9.17) is 20.6 Å². The van der Waals surface area contributed by atoms with Crippen molar-refractivity contribution >= 4 is 17.6 Å². The number of rotatable bonds is 4. The SMILES string of the molecule is COc1cccc(C(=N)N)c1NC(=O)OC(C)C. The largest absolute Gasteiger partial charge is 0.495 e. The highest BCUT2D eigenvalue weighted by Crippen LogP contribution is 2.28. The van der Waals surface area contributed by atoms with Crippen LogP contribution in [-0.2, 0) is 4.74 Å². The van der Waals surface area contributed by atoms with Crippen molar-refractivity contribution in [2.75, 3.05) is 12.4 Å². The monoisotopic (exact) mass is 251 g/mol. The number of benzene rings is 1. The van der Waals surface area contributed by atoms with Gasteiger partial charge in [0, 0.05) is 5.56 Å². The van der Waals surface area contributed by atoms with E-state index in [-0.39, 0.29) is 11.9 Å². The molecule has 0 radical (unpaired) electrons. The summed E-state index contributed by atoms with van der Waals surface area (Å²) in [5.74, 6) is 0.261. The topological polar surface area (TPSA) is 97.4 Å². The zero-order chi connectivity index (χ0) is 13.7. The fraction of sp³-hybridized carbons (Fsp3) is 0.333. The molecule has 6 heteroatoms. The number of nitrogen functional groups attached to an aromatic ring is 1. The van der Waals surface area contributed by atoms with Gasteiger partial charge in [0.05, 0.1) is 18.9 Å². The summed E-state index contributed by atoms with van der Waals surface area (Å²) in [6.07, 6.45) is -0.850. The molecule has 0 spiro atoms. The Morgan fingerprint density at radius 3 is 2.61 bits per heavy atom. The third kappa shape index (κ3) is 3.38. The van der Waals surface area contributed by atoms with Crippen LogP contribution in [0.15, 0.2) is 18.2 Å². The van der Waals surface area contributed by atoms with E-state index in [9.17, 15) is 4.79 Å². The van der Waals surface area contributed by atoms with Crippen molar-refractivity contribution < 1.29 is 14.3 Å². The lowest BCUT2D eigenvalue weighted by Gasteiger charge is -2.15. The molecule has 0 unspecified atom stereocenters. The summed E-state index contributed by atoms with van der Waals surface area (Å²) in [4.78, 5) is 11.6. The van der Waals surface area contributed by atoms with Gasteiger partial charge in [0.2, 0.25) is 0 Å². The van der Waals surface area contributed by atoms with Crippen LogP contribution < -0.4 is 15.8 Å². The normalized spacial score (nSPS) is 10.0. The number of hydrogen-bond acceptors (Lipinski definition) is 4. The van der Waals surface area contributed by atoms with Gasteiger partial charge in [-0.1, -0.05) is 6.07 Å². The Labute approximate surface area is 106 Å². The van der Waals surface area contributed by atoms with Crippen molar-refractivity contribution in [3.05, 3.63) is 23.8 Å². The van der Waals surface area contributed by atoms with E-state index in [1.807, 2.05) is 0 Å². The molecule has 4 N–H and O–H groups in total. The van der Waals surface area contributed by atoms with Gasteiger partial charge in [-0.25, -0.2) is 4.79 Å². The van der Waals surface area contributed by atoms with E-state index in [0.29, 0.717) is 17.0 Å². The average molecular weight is 251 g/mol. The molecule has 0 saturated heterocycles. The quantitative estimate of drug-likeness (QED) is 0.562. The van der Waals surface area contributed by atoms with Gasteiger partial charge >= 0.3 is 6.09 Å². The minimum Gasteiger partial charge on any atom is -0.495 e. The summed E-state index contributed by atoms with van der Waals surface area (Å²) in [7, 11) is 1.47. The Hall–Kier alpha value is -2.24. The Morgan fingerprint density at radius 2 is 2.11 bits per heavy atom. The molecule has 98 valence electrons. The van der Waals surface area contributed by atoms with Crippen LogP contribution in [0.5, 0.6) is 5.75 Å². The maximum atomic E-state index is 11.6. The van der Waals surface area contributed by atoms with Gasteiger partial charge in [0.15, 0.2) is 0 Å². The lowest BCUT2D eigenvalue weighted by molar-refractivity contribution is 0.130. The number of para-hydroxylation sites is 1. The third-order valence-electron chi connectivity index (χ3n) is 2.11. The minimum atomic E-state index is -0.614. The zero-order valence-electron chi connectivity index (χ0n) is 10.6. The Bertz CT molecular complexity index is 458. The number of carbonyl (C=O) groups excluding carboxylic acids is 1. The number of amidine groups is 1. The number of amides is 1. The van der Waals surface area contributed by atoms with Crippen molar-refractivity contribution in [1.29, 1.82) is 5.41 Å². The van der Waals surface area contributed by atoms with Crippen molar-refractivity contribution in [2.45, 2.75) is 20.0 Å². The Balaban J connectivity index is 3.05. The van der Waals surface area contributed by atoms with E-state index >= 15 is 0 Å². The van der Waals surface area contributed by atoms with Gasteiger partial charge in [-0.2, -0.15) is 0 Å². The van der Waals surface area contributed by atoms with Crippen LogP contribution in [0.25, 0.3) is 0 Å². The van der Waals surface area contributed by atoms with Crippen molar-refractivity contribution in [3.8, 4) is 5.75 Å². The van der Waals surface area contributed by atoms with Crippen molar-refractivity contribution in [1.82, 2.24) is 0 Å². The molecule has 1 aromatic rings. The second-order valence-corrected chi connectivity index (χ2v) is 3.88. The molecule has 0 aromatic heterocycles. The minimum absolute atomic E-state index is 0.159. The van der Waals surface area contributed by atoms with Crippen molar-refractivity contribution in [3.63, 3.8) is 0 Å². The molecular formula is C12H17N3O3. The lowest BCUT2D eigenvalue weighted by atomic mass is 10.1. The number of carbonyl (C=O) groups is 1. The molecule has 6 nitrogen and oxygen atoms in total. The first kappa shape index (κ1) is 13.8. The summed E-state index contributed by atoms with van der Waals surface area (Å²) < 4.78 is 10.1. The number of nitrogens with one attached hydrogen (secondary N) is 2. The first-order valence-corrected chi connectivity index (χ1v) is 5.44. The molecule has 0 aliphatic rings. The van der Waals surface area contributed by atoms with Crippen LogP contribution in [0.3, 0.4) is 0 Å². The molecule has 0 aliphatic heterocycles. The Kier molecular flexibility index (Phi) is 4.53. The number of anilines is 1. The number of methoxy groups -OCH3 is 1. The highest BCUT2D eigenvalue weighted by molar-refractivity contribution is 6.04. The van der Waals surface area contributed by atoms with Crippen LogP contribution in [0.2, 0.25) is 0 Å². The Morgan fingerprint density at radius 1 is 1.44 bits per heavy atom. The maximum Gasteiger partial charge on any atom is 0.412 e. The van der Waals surface area contributed by atoms with E-state index in [0.717, 1.165) is 0 Å². The molecule has 1 rings (SSSR count). The van der Waals surface area contributed by atoms with Gasteiger partial charge < -0.3 is 15.2 Å². The number of ether oxygens (including phenoxy) is 2. The summed E-state index contributed by atoms with van der Waals surface area (Å²) >= 11 is 0. The molecule has 1 aromatic carbocycles. The van der Waals surface area contributed by atoms with Crippen LogP contribution in [0.1, 0.15) is 19.4 Å². The first-order chi connectivity index (χ1) is 8.45. The van der Waals surface area contributed by atoms with Crippen LogP contribution in [0, 0.1) is 5.41 Å². The predicted molar refractivity (Wildman–Crippen MR) is 69.2 cm³/mol. The molecule has 0 aliphatic carbocycles. The van der Waals surface area contributed by atoms with E-state index < -0.39 is 6.09 Å². The van der Waals surface area contributed by atoms with E-state index in [1.54, 1.807) is 32.0 Å². The first-order valence-electron chi connectivity index (χ1n) is 5.44. The van der Waals surface area contributed by atoms with Gasteiger partial charge in [-0.3, -0.25) is 10.7 Å². The number of nitrogens with two attached hydrogens (primary N) is 1. The van der Waals surface area contributed by atoms with Gasteiger partial charge in [-0.05, 0) is 26.0 Å². The van der Waals surface area contributed by atoms with E-state index in [2.05, 4.69) is 5.32 Å². The zero-order valence-corrected chi connectivity index (χ0v) is 10.6. The fourth-order valence-corrected chi connectivity index (χ4v) is 1.40. The van der Waals surface area contributed by atoms with Gasteiger partial charge in [0.25, 0.3) is 0 Å². The van der Waals surface area contributed by atoms with Crippen LogP contribution in [0.4, 0.5) is 10.5 Å². The predicted octanol–water partition coefficient (Wildman–Crippen LogP) is 1.94. The fourth-order valence-electron chi connectivity index (χ4n) is 1.40. The second-order valence-electron chi connectivity index (χ2n) is 3.88. The molecule has 0 fully saturated rings. The summed E-state index contributed by atoms with van der Waals surface area (Å²) in [5, 5.41) is 10.00. The molecule has 0 atom stereocenters. The van der Waals surface area contributed by atoms with Crippen molar-refractivity contribution in [2.24, 2.45) is 5.73 Å². The van der Waals surface area contributed by atoms with Crippen LogP contribution in [-0.4, -0.2) is 25.1 Å². The molecular weight excluding hydrogens is 234 g/mol. The van der Waals surface area contributed by atoms with Gasteiger partial charge in [0.1, 0.15) is 11.6 Å². The maximum absolute atomic E-state index is 11.6. The second kappa shape index (κ2) is 5.90. The standard InChI is InChI=1S/C12H17N3O3/c1-7(2)18-12(16)15-10-8(11(13)14)5-4-6-9(10)17-3/h4-7H,1-3H3,(H3,13,14)(H,15,16). The molecule has 0 saturated carbocycles. The highest BCUT2D eigenvalue weighted by atomic mass is 16.6. The lowest BCUT2D eigenvalue weighted by Crippen LogP contribution is -2.21. The average Bonchev–Trinajstić information content (AvgIpc) is 2.27. The van der Waals surface area contributed by atoms with Crippen LogP contribution >= 0.6 is 0 Å². The smallest absolute Gasteiger partial charge is 0.412 e. The molecule has 0 heterocycles. The third-order valence-corrected chi connectivity index (χ3v) is 2.11. The molecule has 18 heavy (non-hydrogen) atoms. The summed E-state index contributed by atoms with van der Waals surface area (Å²) in [6, 6.07) is 4.97. The summed E-state index contributed by atoms with van der Waals surface area (Å²) in [5.41, 5.74) is 6.17. The van der Waals surface area contributed by atoms with Gasteiger partial charge in [-0.15, -0.1) is 0 Å². The van der Waals surface area contributed by atoms with E-state index in [1.165, 1.54) is 7.11 Å². The highest BCUT2D eigenvalue weighted by Gasteiger charge is 2.15. The molecule has 0 bridgehead atoms.